The summed E-state index contributed by atoms with van der Waals surface area (Å²) in [5, 5.41) is 0. The summed E-state index contributed by atoms with van der Waals surface area (Å²) in [6, 6.07) is 0. The van der Waals surface area contributed by atoms with Crippen LogP contribution in [0, 0.1) is 0 Å². The van der Waals surface area contributed by atoms with Crippen LogP contribution in [0.3, 0.4) is 0 Å². The standard InChI is InChI=1S/C32H64O5S/c1-3-4-5-6-7-8-9-10-11-12-13-14-15-16-17-18-19-20-21-22-23-24-25-26-27-28-29-32(37-31(2)33)30-38(34,35)36/h32H,3-30H2,1-2H3,(H,34,35,36). The van der Waals surface area contributed by atoms with Gasteiger partial charge in [0.05, 0.1) is 0 Å². The Morgan fingerprint density at radius 1 is 0.553 bits per heavy atom. The van der Waals surface area contributed by atoms with Gasteiger partial charge in [0.25, 0.3) is 10.1 Å². The molecule has 0 aliphatic rings. The van der Waals surface area contributed by atoms with Crippen LogP contribution >= 0.6 is 0 Å². The lowest BCUT2D eigenvalue weighted by Gasteiger charge is -2.15. The highest BCUT2D eigenvalue weighted by Crippen LogP contribution is 2.16. The van der Waals surface area contributed by atoms with E-state index in [0.29, 0.717) is 6.42 Å². The van der Waals surface area contributed by atoms with Crippen molar-refractivity contribution in [2.24, 2.45) is 0 Å². The van der Waals surface area contributed by atoms with Crippen LogP contribution < -0.4 is 0 Å². The minimum Gasteiger partial charge on any atom is -0.461 e. The Balaban J connectivity index is 3.26. The topological polar surface area (TPSA) is 80.7 Å². The summed E-state index contributed by atoms with van der Waals surface area (Å²) in [7, 11) is -4.13. The molecule has 38 heavy (non-hydrogen) atoms. The number of carbonyl (C=O) groups is 1. The van der Waals surface area contributed by atoms with Gasteiger partial charge >= 0.3 is 5.97 Å². The average Bonchev–Trinajstić information content (AvgIpc) is 2.84. The van der Waals surface area contributed by atoms with Crippen LogP contribution in [0.1, 0.15) is 187 Å². The molecule has 0 aliphatic heterocycles. The van der Waals surface area contributed by atoms with Crippen molar-refractivity contribution in [3.63, 3.8) is 0 Å². The van der Waals surface area contributed by atoms with Gasteiger partial charge in [-0.3, -0.25) is 9.35 Å². The van der Waals surface area contributed by atoms with Gasteiger partial charge in [0.1, 0.15) is 11.9 Å². The molecule has 0 aliphatic carbocycles. The van der Waals surface area contributed by atoms with Gasteiger partial charge in [-0.05, 0) is 12.8 Å². The quantitative estimate of drug-likeness (QED) is 0.0537. The van der Waals surface area contributed by atoms with Crippen molar-refractivity contribution in [1.82, 2.24) is 0 Å². The summed E-state index contributed by atoms with van der Waals surface area (Å²) < 4.78 is 36.1. The van der Waals surface area contributed by atoms with Gasteiger partial charge < -0.3 is 4.74 Å². The van der Waals surface area contributed by atoms with E-state index < -0.39 is 27.9 Å². The Labute approximate surface area is 237 Å². The number of unbranched alkanes of at least 4 members (excludes halogenated alkanes) is 25. The van der Waals surface area contributed by atoms with Crippen LogP contribution in [-0.4, -0.2) is 30.8 Å². The molecule has 1 N–H and O–H groups in total. The van der Waals surface area contributed by atoms with E-state index in [2.05, 4.69) is 6.92 Å². The predicted octanol–water partition coefficient (Wildman–Crippen LogP) is 10.4. The van der Waals surface area contributed by atoms with E-state index in [1.54, 1.807) is 0 Å². The van der Waals surface area contributed by atoms with Crippen LogP contribution in [0.15, 0.2) is 0 Å². The molecule has 0 aromatic heterocycles. The molecular weight excluding hydrogens is 496 g/mol. The zero-order valence-corrected chi connectivity index (χ0v) is 26.2. The number of esters is 1. The van der Waals surface area contributed by atoms with Gasteiger partial charge in [0.15, 0.2) is 0 Å². The lowest BCUT2D eigenvalue weighted by atomic mass is 10.0. The minimum atomic E-state index is -4.13. The van der Waals surface area contributed by atoms with E-state index in [4.69, 9.17) is 9.29 Å². The predicted molar refractivity (Wildman–Crippen MR) is 162 cm³/mol. The highest BCUT2D eigenvalue weighted by Gasteiger charge is 2.19. The van der Waals surface area contributed by atoms with Crippen LogP contribution in [0.5, 0.6) is 0 Å². The van der Waals surface area contributed by atoms with Gasteiger partial charge in [-0.1, -0.05) is 167 Å². The number of rotatable bonds is 30. The Morgan fingerprint density at radius 2 is 0.816 bits per heavy atom. The number of carbonyl (C=O) groups excluding carboxylic acids is 1. The molecule has 0 aromatic carbocycles. The van der Waals surface area contributed by atoms with Crippen LogP contribution in [0.2, 0.25) is 0 Å². The molecule has 0 bridgehead atoms. The molecule has 0 aromatic rings. The van der Waals surface area contributed by atoms with Crippen LogP contribution in [0.4, 0.5) is 0 Å². The summed E-state index contributed by atoms with van der Waals surface area (Å²) >= 11 is 0. The molecule has 0 heterocycles. The average molecular weight is 561 g/mol. The first-order valence-electron chi connectivity index (χ1n) is 16.5. The second kappa shape index (κ2) is 27.9. The second-order valence-electron chi connectivity index (χ2n) is 11.6. The summed E-state index contributed by atoms with van der Waals surface area (Å²) in [6.07, 6.45) is 34.9. The fraction of sp³-hybridized carbons (Fsp3) is 0.969. The van der Waals surface area contributed by atoms with E-state index in [0.717, 1.165) is 19.3 Å². The first kappa shape index (κ1) is 37.4. The first-order chi connectivity index (χ1) is 18.3. The maximum Gasteiger partial charge on any atom is 0.302 e. The van der Waals surface area contributed by atoms with Crippen molar-refractivity contribution in [3.8, 4) is 0 Å². The molecule has 0 saturated carbocycles. The SMILES string of the molecule is CCCCCCCCCCCCCCCCCCCCCCCCCCCCC(CS(=O)(=O)O)OC(C)=O. The molecular formula is C32H64O5S. The van der Waals surface area contributed by atoms with E-state index in [9.17, 15) is 13.2 Å². The van der Waals surface area contributed by atoms with Gasteiger partial charge in [-0.15, -0.1) is 0 Å². The third kappa shape index (κ3) is 31.6. The normalized spacial score (nSPS) is 12.6. The van der Waals surface area contributed by atoms with E-state index in [1.165, 1.54) is 155 Å². The molecule has 0 rings (SSSR count). The maximum atomic E-state index is 11.1. The van der Waals surface area contributed by atoms with Crippen molar-refractivity contribution < 1.29 is 22.5 Å². The van der Waals surface area contributed by atoms with E-state index in [1.807, 2.05) is 0 Å². The zero-order valence-electron chi connectivity index (χ0n) is 25.4. The van der Waals surface area contributed by atoms with Crippen molar-refractivity contribution >= 4 is 16.1 Å². The minimum absolute atomic E-state index is 0.485. The Morgan fingerprint density at radius 3 is 1.05 bits per heavy atom. The first-order valence-corrected chi connectivity index (χ1v) is 18.1. The highest BCUT2D eigenvalue weighted by molar-refractivity contribution is 7.85. The van der Waals surface area contributed by atoms with Crippen LogP contribution in [-0.2, 0) is 19.6 Å². The Bertz CT molecular complexity index is 605. The van der Waals surface area contributed by atoms with Gasteiger partial charge in [0, 0.05) is 6.92 Å². The third-order valence-electron chi connectivity index (χ3n) is 7.61. The molecule has 0 spiro atoms. The molecule has 0 fully saturated rings. The number of hydrogen-bond donors (Lipinski definition) is 1. The molecule has 0 radical (unpaired) electrons. The van der Waals surface area contributed by atoms with Crippen molar-refractivity contribution in [2.45, 2.75) is 193 Å². The van der Waals surface area contributed by atoms with Crippen molar-refractivity contribution in [1.29, 1.82) is 0 Å². The molecule has 1 atom stereocenters. The van der Waals surface area contributed by atoms with Crippen LogP contribution in [0.25, 0.3) is 0 Å². The Kier molecular flexibility index (Phi) is 27.5. The largest absolute Gasteiger partial charge is 0.461 e. The molecule has 228 valence electrons. The maximum absolute atomic E-state index is 11.1. The lowest BCUT2D eigenvalue weighted by molar-refractivity contribution is -0.145. The molecule has 0 amide bonds. The number of hydrogen-bond acceptors (Lipinski definition) is 4. The summed E-state index contributed by atoms with van der Waals surface area (Å²) in [5.74, 6) is -1.01. The fourth-order valence-electron chi connectivity index (χ4n) is 5.33. The zero-order chi connectivity index (χ0) is 28.2. The third-order valence-corrected chi connectivity index (χ3v) is 8.40. The molecule has 5 nitrogen and oxygen atoms in total. The summed E-state index contributed by atoms with van der Waals surface area (Å²) in [6.45, 7) is 3.55. The molecule has 1 unspecified atom stereocenters. The Hall–Kier alpha value is -0.620. The highest BCUT2D eigenvalue weighted by atomic mass is 32.2. The molecule has 6 heteroatoms. The summed E-state index contributed by atoms with van der Waals surface area (Å²) in [5.41, 5.74) is 0. The van der Waals surface area contributed by atoms with Gasteiger partial charge in [-0.2, -0.15) is 8.42 Å². The fourth-order valence-corrected chi connectivity index (χ4v) is 6.04. The van der Waals surface area contributed by atoms with Crippen molar-refractivity contribution in [3.05, 3.63) is 0 Å². The van der Waals surface area contributed by atoms with Gasteiger partial charge in [0.2, 0.25) is 0 Å². The molecule has 0 saturated heterocycles. The monoisotopic (exact) mass is 560 g/mol. The number of ether oxygens (including phenoxy) is 1. The smallest absolute Gasteiger partial charge is 0.302 e. The lowest BCUT2D eigenvalue weighted by Crippen LogP contribution is -2.25. The van der Waals surface area contributed by atoms with E-state index >= 15 is 0 Å². The van der Waals surface area contributed by atoms with Gasteiger partial charge in [-0.25, -0.2) is 0 Å². The second-order valence-corrected chi connectivity index (χ2v) is 13.1. The van der Waals surface area contributed by atoms with E-state index in [-0.39, 0.29) is 0 Å². The summed E-state index contributed by atoms with van der Waals surface area (Å²) in [4.78, 5) is 11.1. The van der Waals surface area contributed by atoms with Crippen molar-refractivity contribution in [2.75, 3.05) is 5.75 Å².